The summed E-state index contributed by atoms with van der Waals surface area (Å²) in [7, 11) is 1.98. The zero-order chi connectivity index (χ0) is 21.6. The molecular weight excluding hydrogens is 430 g/mol. The van der Waals surface area contributed by atoms with E-state index in [2.05, 4.69) is 29.8 Å². The van der Waals surface area contributed by atoms with Crippen molar-refractivity contribution in [2.75, 3.05) is 13.1 Å². The minimum Gasteiger partial charge on any atom is -0.353 e. The topological polar surface area (TPSA) is 45.6 Å². The van der Waals surface area contributed by atoms with E-state index in [4.69, 9.17) is 0 Å². The summed E-state index contributed by atoms with van der Waals surface area (Å²) in [6.07, 6.45) is 2.77. The van der Waals surface area contributed by atoms with Gasteiger partial charge < -0.3 is 14.4 Å². The van der Waals surface area contributed by atoms with Crippen molar-refractivity contribution in [2.24, 2.45) is 13.0 Å². The van der Waals surface area contributed by atoms with E-state index in [0.717, 1.165) is 16.6 Å². The molecular formula is C23H32BrN3O2. The molecule has 158 valence electrons. The van der Waals surface area contributed by atoms with Crippen LogP contribution in [0, 0.1) is 5.92 Å². The first-order valence-corrected chi connectivity index (χ1v) is 11.0. The zero-order valence-corrected chi connectivity index (χ0v) is 19.6. The van der Waals surface area contributed by atoms with Crippen molar-refractivity contribution in [2.45, 2.75) is 46.7 Å². The Kier molecular flexibility index (Phi) is 8.50. The van der Waals surface area contributed by atoms with Gasteiger partial charge in [0.1, 0.15) is 6.54 Å². The Hall–Kier alpha value is -2.08. The third kappa shape index (κ3) is 6.46. The maximum Gasteiger partial charge on any atom is 0.254 e. The summed E-state index contributed by atoms with van der Waals surface area (Å²) in [5, 5.41) is 0. The molecule has 1 aromatic carbocycles. The SMILES string of the molecule is CCC(C)N(CC(=O)N(Cc1cccn1C)CC(C)C)C(=O)c1cccc(Br)c1. The van der Waals surface area contributed by atoms with Crippen molar-refractivity contribution < 1.29 is 9.59 Å². The number of halogens is 1. The molecule has 0 aliphatic heterocycles. The second-order valence-electron chi connectivity index (χ2n) is 7.98. The molecule has 0 saturated carbocycles. The lowest BCUT2D eigenvalue weighted by Gasteiger charge is -2.32. The number of nitrogens with zero attached hydrogens (tertiary/aromatic N) is 3. The lowest BCUT2D eigenvalue weighted by atomic mass is 10.1. The van der Waals surface area contributed by atoms with Crippen LogP contribution in [0.2, 0.25) is 0 Å². The van der Waals surface area contributed by atoms with Crippen LogP contribution in [0.25, 0.3) is 0 Å². The molecule has 1 aromatic heterocycles. The van der Waals surface area contributed by atoms with Crippen molar-refractivity contribution in [3.8, 4) is 0 Å². The summed E-state index contributed by atoms with van der Waals surface area (Å²) in [5.41, 5.74) is 1.66. The van der Waals surface area contributed by atoms with Gasteiger partial charge in [0.15, 0.2) is 0 Å². The van der Waals surface area contributed by atoms with E-state index in [1.165, 1.54) is 0 Å². The summed E-state index contributed by atoms with van der Waals surface area (Å²) in [4.78, 5) is 30.0. The van der Waals surface area contributed by atoms with Crippen molar-refractivity contribution in [1.82, 2.24) is 14.4 Å². The molecule has 0 saturated heterocycles. The number of hydrogen-bond acceptors (Lipinski definition) is 2. The third-order valence-corrected chi connectivity index (χ3v) is 5.60. The first kappa shape index (κ1) is 23.2. The normalized spacial score (nSPS) is 12.1. The van der Waals surface area contributed by atoms with Crippen LogP contribution >= 0.6 is 15.9 Å². The summed E-state index contributed by atoms with van der Waals surface area (Å²) >= 11 is 3.43. The Morgan fingerprint density at radius 1 is 1.14 bits per heavy atom. The highest BCUT2D eigenvalue weighted by molar-refractivity contribution is 9.10. The van der Waals surface area contributed by atoms with E-state index in [0.29, 0.717) is 24.6 Å². The number of hydrogen-bond donors (Lipinski definition) is 0. The lowest BCUT2D eigenvalue weighted by molar-refractivity contribution is -0.133. The summed E-state index contributed by atoms with van der Waals surface area (Å²) in [6, 6.07) is 11.3. The fourth-order valence-corrected chi connectivity index (χ4v) is 3.63. The number of carbonyl (C=O) groups excluding carboxylic acids is 2. The van der Waals surface area contributed by atoms with Gasteiger partial charge in [0.05, 0.1) is 6.54 Å². The van der Waals surface area contributed by atoms with Gasteiger partial charge in [-0.25, -0.2) is 0 Å². The molecule has 0 bridgehead atoms. The van der Waals surface area contributed by atoms with E-state index in [1.807, 2.05) is 60.8 Å². The van der Waals surface area contributed by atoms with Gasteiger partial charge in [0.2, 0.25) is 5.91 Å². The summed E-state index contributed by atoms with van der Waals surface area (Å²) < 4.78 is 2.88. The molecule has 2 amide bonds. The Balaban J connectivity index is 2.23. The van der Waals surface area contributed by atoms with Crippen LogP contribution < -0.4 is 0 Å². The molecule has 0 N–H and O–H groups in total. The monoisotopic (exact) mass is 461 g/mol. The average molecular weight is 462 g/mol. The predicted octanol–water partition coefficient (Wildman–Crippen LogP) is 4.71. The number of carbonyl (C=O) groups is 2. The van der Waals surface area contributed by atoms with Crippen LogP contribution in [0.5, 0.6) is 0 Å². The highest BCUT2D eigenvalue weighted by Gasteiger charge is 2.26. The van der Waals surface area contributed by atoms with Gasteiger partial charge in [-0.15, -0.1) is 0 Å². The first-order chi connectivity index (χ1) is 13.7. The smallest absolute Gasteiger partial charge is 0.254 e. The quantitative estimate of drug-likeness (QED) is 0.542. The van der Waals surface area contributed by atoms with Crippen molar-refractivity contribution in [3.05, 3.63) is 58.3 Å². The fraction of sp³-hybridized carbons (Fsp3) is 0.478. The van der Waals surface area contributed by atoms with E-state index >= 15 is 0 Å². The van der Waals surface area contributed by atoms with E-state index in [9.17, 15) is 9.59 Å². The minimum absolute atomic E-state index is 0.0245. The maximum absolute atomic E-state index is 13.3. The second-order valence-corrected chi connectivity index (χ2v) is 8.89. The van der Waals surface area contributed by atoms with E-state index in [-0.39, 0.29) is 24.4 Å². The molecule has 1 atom stereocenters. The van der Waals surface area contributed by atoms with Gasteiger partial charge in [-0.3, -0.25) is 9.59 Å². The molecule has 0 spiro atoms. The number of aryl methyl sites for hydroxylation is 1. The number of aromatic nitrogens is 1. The Labute approximate surface area is 182 Å². The van der Waals surface area contributed by atoms with Crippen LogP contribution in [-0.2, 0) is 18.4 Å². The zero-order valence-electron chi connectivity index (χ0n) is 18.1. The molecule has 29 heavy (non-hydrogen) atoms. The molecule has 2 aromatic rings. The number of benzene rings is 1. The van der Waals surface area contributed by atoms with Crippen LogP contribution in [0.4, 0.5) is 0 Å². The molecule has 0 fully saturated rings. The standard InChI is InChI=1S/C23H32BrN3O2/c1-6-18(4)27(23(29)19-9-7-10-20(24)13-19)16-22(28)26(14-17(2)3)15-21-11-8-12-25(21)5/h7-13,17-18H,6,14-16H2,1-5H3. The molecule has 2 rings (SSSR count). The molecule has 1 heterocycles. The number of rotatable bonds is 9. The molecule has 6 heteroatoms. The lowest BCUT2D eigenvalue weighted by Crippen LogP contribution is -2.47. The largest absolute Gasteiger partial charge is 0.353 e. The maximum atomic E-state index is 13.3. The van der Waals surface area contributed by atoms with Crippen LogP contribution in [0.15, 0.2) is 47.1 Å². The van der Waals surface area contributed by atoms with Crippen molar-refractivity contribution in [1.29, 1.82) is 0 Å². The van der Waals surface area contributed by atoms with Gasteiger partial charge in [-0.1, -0.05) is 42.8 Å². The van der Waals surface area contributed by atoms with Gasteiger partial charge >= 0.3 is 0 Å². The molecule has 5 nitrogen and oxygen atoms in total. The highest BCUT2D eigenvalue weighted by Crippen LogP contribution is 2.17. The molecule has 1 unspecified atom stereocenters. The molecule has 0 radical (unpaired) electrons. The highest BCUT2D eigenvalue weighted by atomic mass is 79.9. The van der Waals surface area contributed by atoms with Gasteiger partial charge in [0, 0.05) is 41.6 Å². The second kappa shape index (κ2) is 10.6. The third-order valence-electron chi connectivity index (χ3n) is 5.10. The molecule has 0 aliphatic rings. The van der Waals surface area contributed by atoms with E-state index in [1.54, 1.807) is 17.0 Å². The fourth-order valence-electron chi connectivity index (χ4n) is 3.23. The predicted molar refractivity (Wildman–Crippen MR) is 121 cm³/mol. The van der Waals surface area contributed by atoms with Crippen molar-refractivity contribution in [3.63, 3.8) is 0 Å². The summed E-state index contributed by atoms with van der Waals surface area (Å²) in [6.45, 7) is 9.51. The first-order valence-electron chi connectivity index (χ1n) is 10.2. The van der Waals surface area contributed by atoms with Crippen LogP contribution in [0.1, 0.15) is 50.2 Å². The summed E-state index contributed by atoms with van der Waals surface area (Å²) in [5.74, 6) is 0.206. The Morgan fingerprint density at radius 2 is 1.86 bits per heavy atom. The van der Waals surface area contributed by atoms with Gasteiger partial charge in [0.25, 0.3) is 5.91 Å². The Bertz CT molecular complexity index is 831. The van der Waals surface area contributed by atoms with E-state index < -0.39 is 0 Å². The van der Waals surface area contributed by atoms with Crippen LogP contribution in [-0.4, -0.2) is 45.3 Å². The minimum atomic E-state index is -0.114. The number of amides is 2. The van der Waals surface area contributed by atoms with Gasteiger partial charge in [-0.05, 0) is 49.6 Å². The van der Waals surface area contributed by atoms with Gasteiger partial charge in [-0.2, -0.15) is 0 Å². The Morgan fingerprint density at radius 3 is 2.41 bits per heavy atom. The van der Waals surface area contributed by atoms with Crippen LogP contribution in [0.3, 0.4) is 0 Å². The van der Waals surface area contributed by atoms with Crippen molar-refractivity contribution >= 4 is 27.7 Å². The molecule has 0 aliphatic carbocycles. The average Bonchev–Trinajstić information content (AvgIpc) is 3.08.